The molecule has 3 rings (SSSR count). The molecule has 1 aliphatic rings. The first kappa shape index (κ1) is 18.6. The number of rotatable bonds is 4. The van der Waals surface area contributed by atoms with Crippen molar-refractivity contribution in [3.05, 3.63) is 51.2 Å². The Kier molecular flexibility index (Phi) is 5.75. The van der Waals surface area contributed by atoms with Crippen LogP contribution in [0.4, 0.5) is 11.5 Å². The minimum absolute atomic E-state index is 0.201. The van der Waals surface area contributed by atoms with Gasteiger partial charge < -0.3 is 15.3 Å². The number of nitrogens with zero attached hydrogens (tertiary/aromatic N) is 2. The fourth-order valence-corrected chi connectivity index (χ4v) is 3.45. The van der Waals surface area contributed by atoms with Crippen LogP contribution in [0.3, 0.4) is 0 Å². The lowest BCUT2D eigenvalue weighted by Crippen LogP contribution is -2.36. The van der Waals surface area contributed by atoms with Gasteiger partial charge in [0.05, 0.1) is 11.5 Å². The van der Waals surface area contributed by atoms with Crippen molar-refractivity contribution in [1.82, 2.24) is 4.98 Å². The molecule has 1 aliphatic heterocycles. The standard InChI is InChI=1S/C19H20IN3O3/c1-12-2-4-15(10-16(12)20)22-18(24)14-3-5-17(21-11-14)23-8-6-13(7-9-23)19(25)26/h2-5,10-11,13H,6-9H2,1H3,(H,22,24)(H,25,26). The molecule has 6 nitrogen and oxygen atoms in total. The van der Waals surface area contributed by atoms with Crippen LogP contribution in [0.2, 0.25) is 0 Å². The summed E-state index contributed by atoms with van der Waals surface area (Å²) in [4.78, 5) is 29.9. The van der Waals surface area contributed by atoms with E-state index in [9.17, 15) is 9.59 Å². The van der Waals surface area contributed by atoms with Crippen LogP contribution in [0.15, 0.2) is 36.5 Å². The van der Waals surface area contributed by atoms with E-state index in [1.54, 1.807) is 12.3 Å². The van der Waals surface area contributed by atoms with Crippen LogP contribution in [0.5, 0.6) is 0 Å². The van der Waals surface area contributed by atoms with Gasteiger partial charge in [-0.15, -0.1) is 0 Å². The van der Waals surface area contributed by atoms with Crippen molar-refractivity contribution in [3.8, 4) is 0 Å². The molecule has 0 saturated carbocycles. The molecule has 0 radical (unpaired) electrons. The molecule has 2 heterocycles. The molecular formula is C19H20IN3O3. The van der Waals surface area contributed by atoms with E-state index in [2.05, 4.69) is 37.8 Å². The molecule has 136 valence electrons. The first-order valence-electron chi connectivity index (χ1n) is 8.45. The number of hydrogen-bond donors (Lipinski definition) is 2. The van der Waals surface area contributed by atoms with Crippen LogP contribution < -0.4 is 10.2 Å². The van der Waals surface area contributed by atoms with Gasteiger partial charge in [-0.1, -0.05) is 6.07 Å². The predicted octanol–water partition coefficient (Wildman–Crippen LogP) is 3.55. The Morgan fingerprint density at radius 3 is 2.54 bits per heavy atom. The van der Waals surface area contributed by atoms with Gasteiger partial charge in [0.2, 0.25) is 0 Å². The Hall–Kier alpha value is -2.16. The molecule has 0 spiro atoms. The number of amides is 1. The zero-order chi connectivity index (χ0) is 18.7. The van der Waals surface area contributed by atoms with Crippen LogP contribution in [0, 0.1) is 16.4 Å². The lowest BCUT2D eigenvalue weighted by Gasteiger charge is -2.31. The van der Waals surface area contributed by atoms with E-state index in [0.717, 1.165) is 15.1 Å². The Bertz CT molecular complexity index is 815. The van der Waals surface area contributed by atoms with Gasteiger partial charge in [0, 0.05) is 28.5 Å². The van der Waals surface area contributed by atoms with E-state index in [0.29, 0.717) is 31.5 Å². The minimum atomic E-state index is -0.726. The largest absolute Gasteiger partial charge is 0.481 e. The van der Waals surface area contributed by atoms with Gasteiger partial charge in [-0.25, -0.2) is 4.98 Å². The maximum absolute atomic E-state index is 12.4. The number of carbonyl (C=O) groups is 2. The molecule has 1 amide bonds. The number of halogens is 1. The number of aliphatic carboxylic acids is 1. The van der Waals surface area contributed by atoms with E-state index in [1.807, 2.05) is 31.2 Å². The summed E-state index contributed by atoms with van der Waals surface area (Å²) in [5.41, 5.74) is 2.41. The van der Waals surface area contributed by atoms with Crippen LogP contribution in [-0.2, 0) is 4.79 Å². The summed E-state index contributed by atoms with van der Waals surface area (Å²) in [6.07, 6.45) is 2.80. The third kappa shape index (κ3) is 4.32. The number of carbonyl (C=O) groups excluding carboxylic acids is 1. The SMILES string of the molecule is Cc1ccc(NC(=O)c2ccc(N3CCC(C(=O)O)CC3)nc2)cc1I. The maximum atomic E-state index is 12.4. The number of pyridine rings is 1. The number of piperidine rings is 1. The Labute approximate surface area is 165 Å². The van der Waals surface area contributed by atoms with E-state index in [4.69, 9.17) is 5.11 Å². The second-order valence-corrected chi connectivity index (χ2v) is 7.58. The zero-order valence-electron chi connectivity index (χ0n) is 14.4. The highest BCUT2D eigenvalue weighted by molar-refractivity contribution is 14.1. The zero-order valence-corrected chi connectivity index (χ0v) is 16.6. The van der Waals surface area contributed by atoms with E-state index in [1.165, 1.54) is 5.56 Å². The second-order valence-electron chi connectivity index (χ2n) is 6.42. The summed E-state index contributed by atoms with van der Waals surface area (Å²) in [5.74, 6) is -0.424. The van der Waals surface area contributed by atoms with Gasteiger partial charge >= 0.3 is 5.97 Å². The lowest BCUT2D eigenvalue weighted by molar-refractivity contribution is -0.142. The summed E-state index contributed by atoms with van der Waals surface area (Å²) in [6, 6.07) is 9.35. The molecule has 0 bridgehead atoms. The van der Waals surface area contributed by atoms with Crippen LogP contribution in [0.25, 0.3) is 0 Å². The Balaban J connectivity index is 1.63. The molecule has 2 N–H and O–H groups in total. The maximum Gasteiger partial charge on any atom is 0.306 e. The van der Waals surface area contributed by atoms with Gasteiger partial charge in [0.25, 0.3) is 5.91 Å². The minimum Gasteiger partial charge on any atom is -0.481 e. The highest BCUT2D eigenvalue weighted by Gasteiger charge is 2.25. The first-order valence-corrected chi connectivity index (χ1v) is 9.53. The van der Waals surface area contributed by atoms with E-state index >= 15 is 0 Å². The predicted molar refractivity (Wildman–Crippen MR) is 109 cm³/mol. The van der Waals surface area contributed by atoms with Crippen LogP contribution in [-0.4, -0.2) is 35.1 Å². The van der Waals surface area contributed by atoms with Gasteiger partial charge in [0.1, 0.15) is 5.82 Å². The van der Waals surface area contributed by atoms with Gasteiger partial charge in [0.15, 0.2) is 0 Å². The molecule has 0 unspecified atom stereocenters. The van der Waals surface area contributed by atoms with Crippen molar-refractivity contribution in [3.63, 3.8) is 0 Å². The number of carboxylic acids is 1. The normalized spacial score (nSPS) is 14.9. The quantitative estimate of drug-likeness (QED) is 0.676. The highest BCUT2D eigenvalue weighted by Crippen LogP contribution is 2.22. The monoisotopic (exact) mass is 465 g/mol. The number of benzene rings is 1. The summed E-state index contributed by atoms with van der Waals surface area (Å²) in [6.45, 7) is 3.35. The van der Waals surface area contributed by atoms with Crippen molar-refractivity contribution >= 4 is 46.0 Å². The molecule has 1 fully saturated rings. The van der Waals surface area contributed by atoms with Crippen LogP contribution in [0.1, 0.15) is 28.8 Å². The van der Waals surface area contributed by atoms with E-state index < -0.39 is 5.97 Å². The first-order chi connectivity index (χ1) is 12.4. The third-order valence-electron chi connectivity index (χ3n) is 4.61. The number of carboxylic acid groups (broad SMARTS) is 1. The number of anilines is 2. The molecular weight excluding hydrogens is 445 g/mol. The summed E-state index contributed by atoms with van der Waals surface area (Å²) in [5, 5.41) is 11.9. The average molecular weight is 465 g/mol. The molecule has 0 aliphatic carbocycles. The second kappa shape index (κ2) is 8.03. The molecule has 26 heavy (non-hydrogen) atoms. The third-order valence-corrected chi connectivity index (χ3v) is 5.77. The average Bonchev–Trinajstić information content (AvgIpc) is 2.65. The molecule has 2 aromatic rings. The topological polar surface area (TPSA) is 82.5 Å². The van der Waals surface area contributed by atoms with Crippen LogP contribution >= 0.6 is 22.6 Å². The summed E-state index contributed by atoms with van der Waals surface area (Å²) in [7, 11) is 0. The fourth-order valence-electron chi connectivity index (χ4n) is 2.94. The van der Waals surface area contributed by atoms with Gasteiger partial charge in [-0.2, -0.15) is 0 Å². The smallest absolute Gasteiger partial charge is 0.306 e. The number of aromatic nitrogens is 1. The molecule has 0 atom stereocenters. The van der Waals surface area contributed by atoms with Crippen molar-refractivity contribution < 1.29 is 14.7 Å². The van der Waals surface area contributed by atoms with Crippen molar-refractivity contribution in [2.45, 2.75) is 19.8 Å². The van der Waals surface area contributed by atoms with E-state index in [-0.39, 0.29) is 11.8 Å². The number of aryl methyl sites for hydroxylation is 1. The summed E-state index contributed by atoms with van der Waals surface area (Å²) >= 11 is 2.24. The lowest BCUT2D eigenvalue weighted by atomic mass is 9.97. The fraction of sp³-hybridized carbons (Fsp3) is 0.316. The van der Waals surface area contributed by atoms with Crippen molar-refractivity contribution in [2.75, 3.05) is 23.3 Å². The Morgan fingerprint density at radius 2 is 1.96 bits per heavy atom. The van der Waals surface area contributed by atoms with Crippen molar-refractivity contribution in [2.24, 2.45) is 5.92 Å². The molecule has 7 heteroatoms. The highest BCUT2D eigenvalue weighted by atomic mass is 127. The van der Waals surface area contributed by atoms with Crippen molar-refractivity contribution in [1.29, 1.82) is 0 Å². The van der Waals surface area contributed by atoms with Gasteiger partial charge in [-0.05, 0) is 72.2 Å². The molecule has 1 aromatic heterocycles. The number of hydrogen-bond acceptors (Lipinski definition) is 4. The van der Waals surface area contributed by atoms with Gasteiger partial charge in [-0.3, -0.25) is 9.59 Å². The summed E-state index contributed by atoms with van der Waals surface area (Å²) < 4.78 is 1.10. The molecule has 1 aromatic carbocycles. The number of nitrogens with one attached hydrogen (secondary N) is 1. The Morgan fingerprint density at radius 1 is 1.23 bits per heavy atom. The molecule has 1 saturated heterocycles.